The lowest BCUT2D eigenvalue weighted by atomic mass is 10.1. The molecule has 0 saturated carbocycles. The van der Waals surface area contributed by atoms with Gasteiger partial charge in [-0.15, -0.1) is 0 Å². The van der Waals surface area contributed by atoms with Crippen LogP contribution in [0.1, 0.15) is 27.2 Å². The molecule has 74 valence electrons. The predicted molar refractivity (Wildman–Crippen MR) is 60.3 cm³/mol. The normalized spacial score (nSPS) is 12.9. The van der Waals surface area contributed by atoms with Crippen LogP contribution in [0.2, 0.25) is 0 Å². The van der Waals surface area contributed by atoms with Gasteiger partial charge in [-0.3, -0.25) is 0 Å². The molecule has 13 heavy (non-hydrogen) atoms. The van der Waals surface area contributed by atoms with Crippen molar-refractivity contribution in [3.8, 4) is 0 Å². The maximum Gasteiger partial charge on any atom is 0.108 e. The molecule has 0 aromatic carbocycles. The van der Waals surface area contributed by atoms with E-state index in [0.29, 0.717) is 12.2 Å². The molecule has 0 aliphatic carbocycles. The van der Waals surface area contributed by atoms with E-state index in [1.54, 1.807) is 0 Å². The van der Waals surface area contributed by atoms with Gasteiger partial charge in [-0.25, -0.2) is 0 Å². The highest BCUT2D eigenvalue weighted by Gasteiger charge is 1.95. The first-order valence-corrected chi connectivity index (χ1v) is 4.98. The van der Waals surface area contributed by atoms with Crippen molar-refractivity contribution in [2.75, 3.05) is 0 Å². The van der Waals surface area contributed by atoms with E-state index >= 15 is 0 Å². The average Bonchev–Trinajstić information content (AvgIpc) is 2.10. The Bertz CT molecular complexity index is 231. The Labute approximate surface area is 84.8 Å². The summed E-state index contributed by atoms with van der Waals surface area (Å²) in [5.74, 6) is 0. The van der Waals surface area contributed by atoms with Gasteiger partial charge in [-0.05, 0) is 31.9 Å². The van der Waals surface area contributed by atoms with Crippen molar-refractivity contribution in [2.45, 2.75) is 27.2 Å². The van der Waals surface area contributed by atoms with E-state index < -0.39 is 0 Å². The van der Waals surface area contributed by atoms with Crippen LogP contribution in [0.4, 0.5) is 0 Å². The highest BCUT2D eigenvalue weighted by molar-refractivity contribution is 7.91. The first-order valence-electron chi connectivity index (χ1n) is 4.21. The number of allylic oxidation sites excluding steroid dienone is 4. The molecular weight excluding hydrogens is 182 g/mol. The lowest BCUT2D eigenvalue weighted by molar-refractivity contribution is 0.657. The van der Waals surface area contributed by atoms with Gasteiger partial charge >= 0.3 is 0 Å². The fourth-order valence-corrected chi connectivity index (χ4v) is 1.07. The summed E-state index contributed by atoms with van der Waals surface area (Å²) in [6.07, 6.45) is 4.80. The van der Waals surface area contributed by atoms with E-state index in [9.17, 15) is 0 Å². The fraction of sp³-hybridized carbons (Fsp3) is 0.400. The number of hydrogen-bond acceptors (Lipinski definition) is 3. The van der Waals surface area contributed by atoms with Gasteiger partial charge in [-0.1, -0.05) is 25.2 Å². The Kier molecular flexibility index (Phi) is 6.45. The van der Waals surface area contributed by atoms with Crippen LogP contribution in [0.3, 0.4) is 0 Å². The Hall–Kier alpha value is -0.670. The molecule has 0 saturated heterocycles. The Morgan fingerprint density at radius 3 is 2.46 bits per heavy atom. The molecule has 0 aromatic heterocycles. The summed E-state index contributed by atoms with van der Waals surface area (Å²) in [6.45, 7) is 9.80. The summed E-state index contributed by atoms with van der Waals surface area (Å²) in [6, 6.07) is 0. The second kappa shape index (κ2) is 6.80. The van der Waals surface area contributed by atoms with Crippen LogP contribution in [0.5, 0.6) is 0 Å². The molecule has 0 atom stereocenters. The first-order chi connectivity index (χ1) is 6.11. The molecule has 0 aliphatic rings. The van der Waals surface area contributed by atoms with Gasteiger partial charge < -0.3 is 9.27 Å². The van der Waals surface area contributed by atoms with Crippen molar-refractivity contribution >= 4 is 12.2 Å². The van der Waals surface area contributed by atoms with E-state index in [1.165, 1.54) is 5.57 Å². The van der Waals surface area contributed by atoms with E-state index in [0.717, 1.165) is 17.7 Å². The molecule has 0 radical (unpaired) electrons. The molecular formula is C10H17NOS. The highest BCUT2D eigenvalue weighted by atomic mass is 32.2. The van der Waals surface area contributed by atoms with E-state index in [2.05, 4.69) is 18.2 Å². The molecule has 0 unspecified atom stereocenters. The second-order valence-corrected chi connectivity index (χ2v) is 3.31. The van der Waals surface area contributed by atoms with Crippen LogP contribution >= 0.6 is 12.2 Å². The molecule has 0 amide bonds. The maximum absolute atomic E-state index is 8.66. The lowest BCUT2D eigenvalue weighted by Crippen LogP contribution is -2.02. The van der Waals surface area contributed by atoms with Crippen molar-refractivity contribution < 1.29 is 4.55 Å². The summed E-state index contributed by atoms with van der Waals surface area (Å²) >= 11 is 0.616. The zero-order chi connectivity index (χ0) is 10.3. The van der Waals surface area contributed by atoms with Crippen LogP contribution in [-0.2, 0) is 0 Å². The molecule has 0 aromatic rings. The van der Waals surface area contributed by atoms with E-state index in [4.69, 9.17) is 4.55 Å². The monoisotopic (exact) mass is 199 g/mol. The van der Waals surface area contributed by atoms with Gasteiger partial charge in [0.15, 0.2) is 0 Å². The molecule has 2 N–H and O–H groups in total. The lowest BCUT2D eigenvalue weighted by Gasteiger charge is -2.06. The summed E-state index contributed by atoms with van der Waals surface area (Å²) in [5.41, 5.74) is 3.14. The Morgan fingerprint density at radius 2 is 2.08 bits per heavy atom. The molecule has 2 nitrogen and oxygen atoms in total. The summed E-state index contributed by atoms with van der Waals surface area (Å²) in [7, 11) is 0. The van der Waals surface area contributed by atoms with Gasteiger partial charge in [0.05, 0.1) is 0 Å². The van der Waals surface area contributed by atoms with Gasteiger partial charge in [-0.2, -0.15) is 0 Å². The van der Waals surface area contributed by atoms with Crippen LogP contribution in [-0.4, -0.2) is 4.55 Å². The minimum atomic E-state index is 0.616. The van der Waals surface area contributed by atoms with Crippen molar-refractivity contribution in [1.82, 2.24) is 4.72 Å². The summed E-state index contributed by atoms with van der Waals surface area (Å²) in [4.78, 5) is 0. The fourth-order valence-electron chi connectivity index (χ4n) is 0.729. The topological polar surface area (TPSA) is 32.3 Å². The number of nitrogens with one attached hydrogen (secondary N) is 1. The van der Waals surface area contributed by atoms with E-state index in [-0.39, 0.29) is 0 Å². The van der Waals surface area contributed by atoms with Crippen molar-refractivity contribution in [3.63, 3.8) is 0 Å². The zero-order valence-corrected chi connectivity index (χ0v) is 9.24. The van der Waals surface area contributed by atoms with Crippen molar-refractivity contribution in [1.29, 1.82) is 0 Å². The van der Waals surface area contributed by atoms with Gasteiger partial charge in [0.2, 0.25) is 0 Å². The Morgan fingerprint density at radius 1 is 1.46 bits per heavy atom. The average molecular weight is 199 g/mol. The predicted octanol–water partition coefficient (Wildman–Crippen LogP) is 3.51. The number of rotatable bonds is 5. The third-order valence-electron chi connectivity index (χ3n) is 1.68. The maximum atomic E-state index is 8.66. The van der Waals surface area contributed by atoms with Crippen molar-refractivity contribution in [2.24, 2.45) is 0 Å². The molecule has 0 heterocycles. The van der Waals surface area contributed by atoms with E-state index in [1.807, 2.05) is 26.0 Å². The SMILES string of the molecule is C=C(C)/C=C\C(NSO)=C(\C)CC. The minimum absolute atomic E-state index is 0.616. The standard InChI is InChI=1S/C10H17NOS/c1-5-9(4)10(11-13-12)7-6-8(2)3/h6-7,11-12H,2,5H2,1,3-4H3/b7-6-,10-9+. The van der Waals surface area contributed by atoms with Crippen LogP contribution < -0.4 is 4.72 Å². The molecule has 0 rings (SSSR count). The third kappa shape index (κ3) is 5.55. The van der Waals surface area contributed by atoms with Gasteiger partial charge in [0, 0.05) is 5.70 Å². The quantitative estimate of drug-likeness (QED) is 0.404. The van der Waals surface area contributed by atoms with Crippen molar-refractivity contribution in [3.05, 3.63) is 35.6 Å². The van der Waals surface area contributed by atoms with Crippen LogP contribution in [0.25, 0.3) is 0 Å². The van der Waals surface area contributed by atoms with Gasteiger partial charge in [0.25, 0.3) is 0 Å². The number of hydrogen-bond donors (Lipinski definition) is 2. The van der Waals surface area contributed by atoms with Crippen LogP contribution in [0.15, 0.2) is 35.6 Å². The molecule has 3 heteroatoms. The largest absolute Gasteiger partial charge is 0.312 e. The summed E-state index contributed by atoms with van der Waals surface area (Å²) in [5, 5.41) is 0. The highest BCUT2D eigenvalue weighted by Crippen LogP contribution is 2.09. The minimum Gasteiger partial charge on any atom is -0.312 e. The molecule has 0 aliphatic heterocycles. The molecule has 0 fully saturated rings. The smallest absolute Gasteiger partial charge is 0.108 e. The molecule has 0 bridgehead atoms. The summed E-state index contributed by atoms with van der Waals surface area (Å²) < 4.78 is 11.5. The zero-order valence-electron chi connectivity index (χ0n) is 8.42. The first kappa shape index (κ1) is 12.3. The second-order valence-electron chi connectivity index (χ2n) is 2.92. The Balaban J connectivity index is 4.52. The van der Waals surface area contributed by atoms with Gasteiger partial charge in [0.1, 0.15) is 12.2 Å². The third-order valence-corrected chi connectivity index (χ3v) is 1.99. The van der Waals surface area contributed by atoms with Crippen LogP contribution in [0, 0.1) is 0 Å². The molecule has 0 spiro atoms.